The Hall–Kier alpha value is -2.67. The molecule has 1 fully saturated rings. The molecule has 2 heterocycles. The van der Waals surface area contributed by atoms with Crippen LogP contribution in [0.1, 0.15) is 34.7 Å². The topological polar surface area (TPSA) is 101 Å². The van der Waals surface area contributed by atoms with Crippen LogP contribution >= 0.6 is 0 Å². The van der Waals surface area contributed by atoms with Gasteiger partial charge in [0.25, 0.3) is 5.91 Å². The predicted molar refractivity (Wildman–Crippen MR) is 97.7 cm³/mol. The molecule has 1 aliphatic heterocycles. The monoisotopic (exact) mass is 356 g/mol. The number of hydrogen-bond acceptors (Lipinski definition) is 5. The number of likely N-dealkylation sites (tertiary alicyclic amines) is 1. The van der Waals surface area contributed by atoms with Gasteiger partial charge in [0.1, 0.15) is 0 Å². The van der Waals surface area contributed by atoms with Crippen molar-refractivity contribution in [3.05, 3.63) is 47.3 Å². The normalized spacial score (nSPS) is 15.7. The van der Waals surface area contributed by atoms with Gasteiger partial charge in [-0.2, -0.15) is 0 Å². The highest BCUT2D eigenvalue weighted by Crippen LogP contribution is 2.18. The van der Waals surface area contributed by atoms with Gasteiger partial charge in [-0.3, -0.25) is 9.59 Å². The molecular formula is C19H24N4O3. The number of aromatic nitrogens is 1. The van der Waals surface area contributed by atoms with Gasteiger partial charge < -0.3 is 20.5 Å². The first kappa shape index (κ1) is 18.1. The fraction of sp³-hybridized carbons (Fsp3) is 0.421. The second-order valence-electron chi connectivity index (χ2n) is 6.75. The molecular weight excluding hydrogens is 332 g/mol. The molecule has 0 aliphatic carbocycles. The van der Waals surface area contributed by atoms with Crippen LogP contribution in [0.25, 0.3) is 0 Å². The van der Waals surface area contributed by atoms with Crippen molar-refractivity contribution in [1.29, 1.82) is 0 Å². The molecule has 3 N–H and O–H groups in total. The summed E-state index contributed by atoms with van der Waals surface area (Å²) in [7, 11) is 0. The molecule has 1 aromatic heterocycles. The lowest BCUT2D eigenvalue weighted by molar-refractivity contribution is -0.123. The Morgan fingerprint density at radius 3 is 2.54 bits per heavy atom. The third kappa shape index (κ3) is 4.70. The van der Waals surface area contributed by atoms with E-state index in [0.29, 0.717) is 5.69 Å². The summed E-state index contributed by atoms with van der Waals surface area (Å²) in [5, 5.41) is 6.50. The number of hydrogen-bond donors (Lipinski definition) is 2. The van der Waals surface area contributed by atoms with Crippen molar-refractivity contribution in [2.75, 3.05) is 25.0 Å². The molecule has 7 nitrogen and oxygen atoms in total. The Bertz CT molecular complexity index is 761. The van der Waals surface area contributed by atoms with Crippen molar-refractivity contribution < 1.29 is 14.1 Å². The molecule has 0 spiro atoms. The minimum atomic E-state index is -0.310. The summed E-state index contributed by atoms with van der Waals surface area (Å²) in [6, 6.07) is 9.39. The summed E-state index contributed by atoms with van der Waals surface area (Å²) >= 11 is 0. The maximum absolute atomic E-state index is 12.0. The van der Waals surface area contributed by atoms with Crippen molar-refractivity contribution >= 4 is 17.5 Å². The second kappa shape index (κ2) is 8.14. The first-order valence-corrected chi connectivity index (χ1v) is 8.86. The maximum Gasteiger partial charge on any atom is 0.294 e. The number of rotatable bonds is 6. The van der Waals surface area contributed by atoms with Gasteiger partial charge in [0.05, 0.1) is 5.69 Å². The Balaban J connectivity index is 1.46. The Morgan fingerprint density at radius 2 is 1.96 bits per heavy atom. The second-order valence-corrected chi connectivity index (χ2v) is 6.75. The average Bonchev–Trinajstić information content (AvgIpc) is 3.08. The lowest BCUT2D eigenvalue weighted by Crippen LogP contribution is -2.39. The van der Waals surface area contributed by atoms with Crippen molar-refractivity contribution in [3.8, 4) is 0 Å². The van der Waals surface area contributed by atoms with E-state index in [-0.39, 0.29) is 23.5 Å². The number of carbonyl (C=O) groups is 2. The van der Waals surface area contributed by atoms with E-state index in [1.807, 2.05) is 24.3 Å². The number of aryl methyl sites for hydroxylation is 1. The smallest absolute Gasteiger partial charge is 0.294 e. The average molecular weight is 356 g/mol. The maximum atomic E-state index is 12.0. The van der Waals surface area contributed by atoms with Gasteiger partial charge in [-0.1, -0.05) is 17.3 Å². The predicted octanol–water partition coefficient (Wildman–Crippen LogP) is 1.98. The molecule has 0 bridgehead atoms. The molecule has 2 amide bonds. The molecule has 3 rings (SSSR count). The lowest BCUT2D eigenvalue weighted by atomic mass is 9.96. The summed E-state index contributed by atoms with van der Waals surface area (Å²) in [4.78, 5) is 25.6. The first-order chi connectivity index (χ1) is 12.5. The van der Waals surface area contributed by atoms with Crippen molar-refractivity contribution in [2.45, 2.75) is 26.2 Å². The molecule has 138 valence electrons. The number of anilines is 1. The van der Waals surface area contributed by atoms with E-state index in [0.717, 1.165) is 44.6 Å². The standard InChI is InChI=1S/C19H24N4O3/c1-13-12-17(26-22-13)19(25)21-16-4-2-14(3-5-16)6-9-23-10-7-15(8-11-23)18(20)24/h2-5,12,15H,6-11H2,1H3,(H2,20,24)(H,21,25). The van der Waals surface area contributed by atoms with Gasteiger partial charge in [0.15, 0.2) is 0 Å². The van der Waals surface area contributed by atoms with Crippen LogP contribution in [0.3, 0.4) is 0 Å². The van der Waals surface area contributed by atoms with Crippen molar-refractivity contribution in [1.82, 2.24) is 10.1 Å². The summed E-state index contributed by atoms with van der Waals surface area (Å²) in [6.07, 6.45) is 2.62. The van der Waals surface area contributed by atoms with E-state index < -0.39 is 0 Å². The summed E-state index contributed by atoms with van der Waals surface area (Å²) < 4.78 is 4.95. The molecule has 1 aliphatic rings. The molecule has 26 heavy (non-hydrogen) atoms. The van der Waals surface area contributed by atoms with E-state index in [4.69, 9.17) is 10.3 Å². The fourth-order valence-corrected chi connectivity index (χ4v) is 3.15. The zero-order chi connectivity index (χ0) is 18.5. The fourth-order valence-electron chi connectivity index (χ4n) is 3.15. The van der Waals surface area contributed by atoms with Gasteiger partial charge in [-0.15, -0.1) is 0 Å². The zero-order valence-corrected chi connectivity index (χ0v) is 14.9. The number of benzene rings is 1. The van der Waals surface area contributed by atoms with Gasteiger partial charge in [0.2, 0.25) is 11.7 Å². The third-order valence-electron chi connectivity index (χ3n) is 4.77. The minimum absolute atomic E-state index is 0.0299. The number of piperidine rings is 1. The molecule has 0 atom stereocenters. The summed E-state index contributed by atoms with van der Waals surface area (Å²) in [6.45, 7) is 4.55. The van der Waals surface area contributed by atoms with Crippen LogP contribution in [0, 0.1) is 12.8 Å². The minimum Gasteiger partial charge on any atom is -0.369 e. The number of amides is 2. The van der Waals surface area contributed by atoms with Crippen LogP contribution in [0.4, 0.5) is 5.69 Å². The SMILES string of the molecule is Cc1cc(C(=O)Nc2ccc(CCN3CCC(C(N)=O)CC3)cc2)on1. The van der Waals surface area contributed by atoms with E-state index >= 15 is 0 Å². The van der Waals surface area contributed by atoms with E-state index in [2.05, 4.69) is 15.4 Å². The van der Waals surface area contributed by atoms with Crippen LogP contribution in [0.5, 0.6) is 0 Å². The summed E-state index contributed by atoms with van der Waals surface area (Å²) in [5.41, 5.74) is 7.96. The van der Waals surface area contributed by atoms with Crippen LogP contribution in [-0.4, -0.2) is 41.5 Å². The highest BCUT2D eigenvalue weighted by atomic mass is 16.5. The van der Waals surface area contributed by atoms with E-state index in [1.54, 1.807) is 13.0 Å². The molecule has 1 saturated heterocycles. The van der Waals surface area contributed by atoms with Crippen LogP contribution in [0.2, 0.25) is 0 Å². The van der Waals surface area contributed by atoms with Crippen LogP contribution < -0.4 is 11.1 Å². The summed E-state index contributed by atoms with van der Waals surface area (Å²) in [5.74, 6) is -0.258. The zero-order valence-electron chi connectivity index (χ0n) is 14.9. The number of primary amides is 1. The quantitative estimate of drug-likeness (QED) is 0.824. The molecule has 1 aromatic carbocycles. The Labute approximate surface area is 152 Å². The molecule has 0 saturated carbocycles. The molecule has 0 radical (unpaired) electrons. The molecule has 2 aromatic rings. The van der Waals surface area contributed by atoms with Crippen LogP contribution in [0.15, 0.2) is 34.9 Å². The first-order valence-electron chi connectivity index (χ1n) is 8.86. The lowest BCUT2D eigenvalue weighted by Gasteiger charge is -2.30. The van der Waals surface area contributed by atoms with E-state index in [1.165, 1.54) is 5.56 Å². The van der Waals surface area contributed by atoms with Gasteiger partial charge in [0, 0.05) is 24.2 Å². The van der Waals surface area contributed by atoms with Crippen molar-refractivity contribution in [2.24, 2.45) is 11.7 Å². The highest BCUT2D eigenvalue weighted by molar-refractivity contribution is 6.02. The Morgan fingerprint density at radius 1 is 1.27 bits per heavy atom. The molecule has 0 unspecified atom stereocenters. The third-order valence-corrected chi connectivity index (χ3v) is 4.77. The van der Waals surface area contributed by atoms with Crippen LogP contribution in [-0.2, 0) is 11.2 Å². The highest BCUT2D eigenvalue weighted by Gasteiger charge is 2.22. The Kier molecular flexibility index (Phi) is 5.68. The number of nitrogens with two attached hydrogens (primary N) is 1. The number of nitrogens with one attached hydrogen (secondary N) is 1. The van der Waals surface area contributed by atoms with Gasteiger partial charge in [-0.25, -0.2) is 0 Å². The largest absolute Gasteiger partial charge is 0.369 e. The van der Waals surface area contributed by atoms with E-state index in [9.17, 15) is 9.59 Å². The number of nitrogens with zero attached hydrogens (tertiary/aromatic N) is 2. The van der Waals surface area contributed by atoms with Gasteiger partial charge >= 0.3 is 0 Å². The van der Waals surface area contributed by atoms with Gasteiger partial charge in [-0.05, 0) is 57.0 Å². The molecule has 7 heteroatoms. The number of carbonyl (C=O) groups excluding carboxylic acids is 2. The van der Waals surface area contributed by atoms with Crippen molar-refractivity contribution in [3.63, 3.8) is 0 Å².